The molecule has 0 unspecified atom stereocenters. The number of carboxylic acid groups (broad SMARTS) is 1. The summed E-state index contributed by atoms with van der Waals surface area (Å²) in [6, 6.07) is 7.69. The largest absolute Gasteiger partial charge is 0.476 e. The summed E-state index contributed by atoms with van der Waals surface area (Å²) in [4.78, 5) is 13.2. The van der Waals surface area contributed by atoms with Crippen molar-refractivity contribution in [2.45, 2.75) is 6.54 Å². The molecule has 0 bridgehead atoms. The van der Waals surface area contributed by atoms with Crippen LogP contribution >= 0.6 is 38.6 Å². The molecule has 0 aliphatic heterocycles. The second kappa shape index (κ2) is 5.47. The number of nitrogens with zero attached hydrogens (tertiary/aromatic N) is 3. The fourth-order valence-corrected chi connectivity index (χ4v) is 4.05. The van der Waals surface area contributed by atoms with Crippen LogP contribution in [0.3, 0.4) is 0 Å². The summed E-state index contributed by atoms with van der Waals surface area (Å²) in [6.07, 6.45) is 0. The highest BCUT2D eigenvalue weighted by Crippen LogP contribution is 2.29. The quantitative estimate of drug-likeness (QED) is 0.762. The molecule has 20 heavy (non-hydrogen) atoms. The van der Waals surface area contributed by atoms with Crippen LogP contribution in [0.25, 0.3) is 10.6 Å². The molecule has 0 aromatic carbocycles. The second-order valence-corrected chi connectivity index (χ2v) is 7.43. The predicted molar refractivity (Wildman–Crippen MR) is 81.4 cm³/mol. The summed E-state index contributed by atoms with van der Waals surface area (Å²) in [7, 11) is 0. The number of rotatable bonds is 4. The van der Waals surface area contributed by atoms with Crippen LogP contribution in [0, 0.1) is 0 Å². The van der Waals surface area contributed by atoms with Crippen LogP contribution in [-0.2, 0) is 6.54 Å². The number of thiophene rings is 2. The molecule has 5 nitrogen and oxygen atoms in total. The van der Waals surface area contributed by atoms with Crippen LogP contribution in [0.4, 0.5) is 0 Å². The van der Waals surface area contributed by atoms with Gasteiger partial charge in [-0.25, -0.2) is 9.48 Å². The van der Waals surface area contributed by atoms with E-state index < -0.39 is 5.97 Å². The van der Waals surface area contributed by atoms with Crippen LogP contribution in [0.1, 0.15) is 15.4 Å². The van der Waals surface area contributed by atoms with E-state index in [1.54, 1.807) is 16.0 Å². The lowest BCUT2D eigenvalue weighted by atomic mass is 10.2. The Hall–Kier alpha value is -1.51. The highest BCUT2D eigenvalue weighted by atomic mass is 79.9. The molecule has 0 spiro atoms. The molecule has 0 saturated heterocycles. The van der Waals surface area contributed by atoms with Crippen LogP contribution in [-0.4, -0.2) is 26.1 Å². The maximum Gasteiger partial charge on any atom is 0.358 e. The zero-order chi connectivity index (χ0) is 14.1. The lowest BCUT2D eigenvalue weighted by Gasteiger charge is -2.03. The molecule has 0 atom stereocenters. The van der Waals surface area contributed by atoms with Crippen molar-refractivity contribution < 1.29 is 9.90 Å². The van der Waals surface area contributed by atoms with E-state index in [-0.39, 0.29) is 5.69 Å². The van der Waals surface area contributed by atoms with E-state index in [0.29, 0.717) is 12.2 Å². The third-order valence-corrected chi connectivity index (χ3v) is 5.11. The predicted octanol–water partition coefficient (Wildman–Crippen LogP) is 3.58. The summed E-state index contributed by atoms with van der Waals surface area (Å²) in [5.41, 5.74) is 0.542. The third kappa shape index (κ3) is 2.54. The number of aromatic nitrogens is 3. The van der Waals surface area contributed by atoms with Crippen LogP contribution < -0.4 is 0 Å². The van der Waals surface area contributed by atoms with E-state index in [2.05, 4.69) is 26.2 Å². The fourth-order valence-electron chi connectivity index (χ4n) is 1.81. The molecule has 8 heteroatoms. The van der Waals surface area contributed by atoms with E-state index in [0.717, 1.165) is 13.5 Å². The molecule has 3 rings (SSSR count). The topological polar surface area (TPSA) is 68.0 Å². The molecular weight excluding hydrogens is 362 g/mol. The Morgan fingerprint density at radius 2 is 2.25 bits per heavy atom. The van der Waals surface area contributed by atoms with Gasteiger partial charge >= 0.3 is 5.97 Å². The Balaban J connectivity index is 2.05. The fraction of sp³-hybridized carbons (Fsp3) is 0.0833. The molecule has 0 amide bonds. The molecule has 0 aliphatic carbocycles. The maximum absolute atomic E-state index is 11.3. The van der Waals surface area contributed by atoms with Crippen molar-refractivity contribution in [3.63, 3.8) is 0 Å². The van der Waals surface area contributed by atoms with Gasteiger partial charge in [0, 0.05) is 4.88 Å². The first kappa shape index (κ1) is 13.5. The van der Waals surface area contributed by atoms with E-state index in [1.165, 1.54) is 11.3 Å². The van der Waals surface area contributed by atoms with Crippen LogP contribution in [0.2, 0.25) is 0 Å². The smallest absolute Gasteiger partial charge is 0.358 e. The highest BCUT2D eigenvalue weighted by Gasteiger charge is 2.21. The van der Waals surface area contributed by atoms with Crippen molar-refractivity contribution in [1.82, 2.24) is 15.0 Å². The van der Waals surface area contributed by atoms with Gasteiger partial charge in [0.2, 0.25) is 0 Å². The number of halogens is 1. The van der Waals surface area contributed by atoms with E-state index in [1.807, 2.05) is 29.6 Å². The van der Waals surface area contributed by atoms with Gasteiger partial charge in [-0.1, -0.05) is 11.3 Å². The molecule has 3 heterocycles. The standard InChI is InChI=1S/C12H8BrN3O2S2/c13-9-4-3-7(20-9)6-16-11(8-2-1-5-19-8)10(12(17)18)14-15-16/h1-5H,6H2,(H,17,18). The van der Waals surface area contributed by atoms with Gasteiger partial charge in [0.1, 0.15) is 5.69 Å². The minimum Gasteiger partial charge on any atom is -0.476 e. The summed E-state index contributed by atoms with van der Waals surface area (Å²) < 4.78 is 2.66. The Kier molecular flexibility index (Phi) is 3.68. The molecule has 3 aromatic heterocycles. The Labute approximate surface area is 130 Å². The number of aromatic carboxylic acids is 1. The van der Waals surface area contributed by atoms with Gasteiger partial charge in [0.15, 0.2) is 5.69 Å². The monoisotopic (exact) mass is 369 g/mol. The van der Waals surface area contributed by atoms with Crippen molar-refractivity contribution in [3.05, 3.63) is 44.0 Å². The van der Waals surface area contributed by atoms with Crippen molar-refractivity contribution in [2.24, 2.45) is 0 Å². The number of hydrogen-bond donors (Lipinski definition) is 1. The van der Waals surface area contributed by atoms with Gasteiger partial charge in [0.05, 0.1) is 15.2 Å². The SMILES string of the molecule is O=C(O)c1nnn(Cc2ccc(Br)s2)c1-c1cccs1. The number of hydrogen-bond acceptors (Lipinski definition) is 5. The van der Waals surface area contributed by atoms with Gasteiger partial charge in [-0.15, -0.1) is 27.8 Å². The highest BCUT2D eigenvalue weighted by molar-refractivity contribution is 9.11. The molecule has 102 valence electrons. The van der Waals surface area contributed by atoms with Crippen molar-refractivity contribution in [1.29, 1.82) is 0 Å². The minimum absolute atomic E-state index is 0.0110. The third-order valence-electron chi connectivity index (χ3n) is 2.63. The van der Waals surface area contributed by atoms with Crippen molar-refractivity contribution in [2.75, 3.05) is 0 Å². The molecule has 0 aliphatic rings. The summed E-state index contributed by atoms with van der Waals surface area (Å²) in [6.45, 7) is 0.504. The Bertz CT molecular complexity index is 749. The maximum atomic E-state index is 11.3. The number of carbonyl (C=O) groups is 1. The normalized spacial score (nSPS) is 10.8. The molecule has 3 aromatic rings. The lowest BCUT2D eigenvalue weighted by molar-refractivity contribution is 0.0691. The van der Waals surface area contributed by atoms with E-state index in [4.69, 9.17) is 0 Å². The molecule has 1 N–H and O–H groups in total. The molecule has 0 saturated carbocycles. The van der Waals surface area contributed by atoms with Gasteiger partial charge in [-0.05, 0) is 39.5 Å². The van der Waals surface area contributed by atoms with E-state index >= 15 is 0 Å². The second-order valence-electron chi connectivity index (χ2n) is 3.93. The minimum atomic E-state index is -1.06. The van der Waals surface area contributed by atoms with Gasteiger partial charge in [-0.2, -0.15) is 0 Å². The Morgan fingerprint density at radius 1 is 1.40 bits per heavy atom. The molecule has 0 fully saturated rings. The Morgan fingerprint density at radius 3 is 2.85 bits per heavy atom. The van der Waals surface area contributed by atoms with Crippen molar-refractivity contribution in [3.8, 4) is 10.6 Å². The zero-order valence-corrected chi connectivity index (χ0v) is 13.2. The first-order valence-electron chi connectivity index (χ1n) is 5.60. The zero-order valence-electron chi connectivity index (χ0n) is 9.99. The first-order valence-corrected chi connectivity index (χ1v) is 8.09. The van der Waals surface area contributed by atoms with Crippen LogP contribution in [0.15, 0.2) is 33.4 Å². The average Bonchev–Trinajstić information content (AvgIpc) is 3.10. The van der Waals surface area contributed by atoms with Gasteiger partial charge < -0.3 is 5.11 Å². The van der Waals surface area contributed by atoms with E-state index in [9.17, 15) is 9.90 Å². The van der Waals surface area contributed by atoms with Crippen LogP contribution in [0.5, 0.6) is 0 Å². The summed E-state index contributed by atoms with van der Waals surface area (Å²) in [5, 5.41) is 18.9. The summed E-state index contributed by atoms with van der Waals surface area (Å²) in [5.74, 6) is -1.06. The average molecular weight is 370 g/mol. The number of carboxylic acids is 1. The molecule has 0 radical (unpaired) electrons. The first-order chi connectivity index (χ1) is 9.65. The summed E-state index contributed by atoms with van der Waals surface area (Å²) >= 11 is 6.47. The van der Waals surface area contributed by atoms with Gasteiger partial charge in [-0.3, -0.25) is 0 Å². The van der Waals surface area contributed by atoms with Gasteiger partial charge in [0.25, 0.3) is 0 Å². The molecular formula is C12H8BrN3O2S2. The van der Waals surface area contributed by atoms with Crippen molar-refractivity contribution >= 4 is 44.6 Å². The lowest BCUT2D eigenvalue weighted by Crippen LogP contribution is -2.04.